The van der Waals surface area contributed by atoms with Gasteiger partial charge in [-0.3, -0.25) is 19.6 Å². The molecule has 0 spiro atoms. The van der Waals surface area contributed by atoms with Gasteiger partial charge in [-0.05, 0) is 49.2 Å². The molecule has 3 aromatic rings. The Hall–Kier alpha value is -3.73. The van der Waals surface area contributed by atoms with Crippen molar-refractivity contribution < 1.29 is 27.2 Å². The van der Waals surface area contributed by atoms with Crippen molar-refractivity contribution in [2.45, 2.75) is 31.1 Å². The summed E-state index contributed by atoms with van der Waals surface area (Å²) in [6.45, 7) is 0.0415. The highest BCUT2D eigenvalue weighted by Crippen LogP contribution is 2.37. The molecule has 0 atom stereocenters. The van der Waals surface area contributed by atoms with E-state index >= 15 is 0 Å². The third kappa shape index (κ3) is 5.86. The first-order chi connectivity index (χ1) is 16.6. The Labute approximate surface area is 201 Å². The minimum absolute atomic E-state index is 0.0415. The Morgan fingerprint density at radius 2 is 1.83 bits per heavy atom. The molecule has 0 saturated heterocycles. The van der Waals surface area contributed by atoms with Gasteiger partial charge in [-0.15, -0.1) is 0 Å². The molecule has 182 valence electrons. The van der Waals surface area contributed by atoms with E-state index in [1.54, 1.807) is 0 Å². The Kier molecular flexibility index (Phi) is 6.62. The number of amides is 2. The molecule has 35 heavy (non-hydrogen) atoms. The van der Waals surface area contributed by atoms with Crippen molar-refractivity contribution in [1.82, 2.24) is 20.6 Å². The summed E-state index contributed by atoms with van der Waals surface area (Å²) >= 11 is 5.85. The highest BCUT2D eigenvalue weighted by molar-refractivity contribution is 6.30. The first-order valence-electron chi connectivity index (χ1n) is 10.4. The Morgan fingerprint density at radius 3 is 2.46 bits per heavy atom. The van der Waals surface area contributed by atoms with Crippen molar-refractivity contribution in [2.24, 2.45) is 0 Å². The van der Waals surface area contributed by atoms with Gasteiger partial charge >= 0.3 is 6.18 Å². The number of carbonyl (C=O) groups excluding carboxylic acids is 2. The van der Waals surface area contributed by atoms with Crippen LogP contribution in [0.15, 0.2) is 55.0 Å². The minimum atomic E-state index is -4.74. The molecule has 0 aliphatic heterocycles. The molecular formula is C23H18ClF4N5O2. The summed E-state index contributed by atoms with van der Waals surface area (Å²) in [5, 5.41) is 8.28. The van der Waals surface area contributed by atoms with Gasteiger partial charge in [0.2, 0.25) is 5.91 Å². The van der Waals surface area contributed by atoms with E-state index in [2.05, 4.69) is 25.9 Å². The number of anilines is 2. The molecule has 2 heterocycles. The van der Waals surface area contributed by atoms with Gasteiger partial charge in [-0.1, -0.05) is 11.6 Å². The van der Waals surface area contributed by atoms with Crippen molar-refractivity contribution in [3.05, 3.63) is 82.6 Å². The van der Waals surface area contributed by atoms with Crippen LogP contribution in [0.1, 0.15) is 34.5 Å². The molecule has 4 rings (SSSR count). The highest BCUT2D eigenvalue weighted by atomic mass is 35.5. The van der Waals surface area contributed by atoms with Crippen LogP contribution in [-0.4, -0.2) is 27.3 Å². The molecule has 1 fully saturated rings. The summed E-state index contributed by atoms with van der Waals surface area (Å²) in [5.74, 6) is -1.85. The van der Waals surface area contributed by atoms with E-state index in [1.165, 1.54) is 36.8 Å². The maximum absolute atomic E-state index is 13.3. The normalized spacial score (nSPS) is 14.2. The molecule has 0 bridgehead atoms. The lowest BCUT2D eigenvalue weighted by molar-refractivity contribution is -0.137. The van der Waals surface area contributed by atoms with E-state index in [4.69, 9.17) is 11.6 Å². The van der Waals surface area contributed by atoms with E-state index in [1.807, 2.05) is 0 Å². The van der Waals surface area contributed by atoms with Gasteiger partial charge < -0.3 is 16.0 Å². The van der Waals surface area contributed by atoms with E-state index in [0.29, 0.717) is 29.6 Å². The maximum Gasteiger partial charge on any atom is 0.418 e. The monoisotopic (exact) mass is 507 g/mol. The lowest BCUT2D eigenvalue weighted by Gasteiger charge is -2.17. The molecule has 2 aromatic heterocycles. The van der Waals surface area contributed by atoms with Crippen LogP contribution in [0.4, 0.5) is 28.9 Å². The first kappa shape index (κ1) is 24.4. The Balaban J connectivity index is 1.35. The standard InChI is InChI=1S/C23H18ClF4N5O2/c24-14-7-13(9-29-10-14)20(34)33-22(5-6-22)21(35)31-11-16-2-3-17(12-30-16)32-19-4-1-15(25)8-18(19)23(26,27)28/h1-4,7-10,12,32H,5-6,11H2,(H,31,35)(H,33,34). The topological polar surface area (TPSA) is 96.0 Å². The van der Waals surface area contributed by atoms with Gasteiger partial charge in [0.15, 0.2) is 0 Å². The Bertz CT molecular complexity index is 1260. The maximum atomic E-state index is 13.3. The lowest BCUT2D eigenvalue weighted by Crippen LogP contribution is -2.48. The average molecular weight is 508 g/mol. The summed E-state index contributed by atoms with van der Waals surface area (Å²) in [7, 11) is 0. The van der Waals surface area contributed by atoms with Gasteiger partial charge in [-0.25, -0.2) is 4.39 Å². The number of nitrogens with zero attached hydrogens (tertiary/aromatic N) is 2. The van der Waals surface area contributed by atoms with Gasteiger partial charge in [0.1, 0.15) is 11.4 Å². The zero-order valence-electron chi connectivity index (χ0n) is 17.9. The smallest absolute Gasteiger partial charge is 0.354 e. The average Bonchev–Trinajstić information content (AvgIpc) is 3.59. The second-order valence-electron chi connectivity index (χ2n) is 7.96. The summed E-state index contributed by atoms with van der Waals surface area (Å²) in [6.07, 6.45) is 0.229. The number of halogens is 5. The predicted octanol–water partition coefficient (Wildman–Crippen LogP) is 4.61. The second kappa shape index (κ2) is 9.49. The van der Waals surface area contributed by atoms with E-state index < -0.39 is 29.0 Å². The van der Waals surface area contributed by atoms with Crippen LogP contribution in [0.25, 0.3) is 0 Å². The van der Waals surface area contributed by atoms with E-state index in [-0.39, 0.29) is 29.4 Å². The van der Waals surface area contributed by atoms with Crippen molar-refractivity contribution in [2.75, 3.05) is 5.32 Å². The fourth-order valence-electron chi connectivity index (χ4n) is 3.32. The lowest BCUT2D eigenvalue weighted by atomic mass is 10.1. The van der Waals surface area contributed by atoms with Crippen molar-refractivity contribution in [1.29, 1.82) is 0 Å². The number of aromatic nitrogens is 2. The third-order valence-electron chi connectivity index (χ3n) is 5.33. The van der Waals surface area contributed by atoms with Gasteiger partial charge in [-0.2, -0.15) is 13.2 Å². The van der Waals surface area contributed by atoms with Crippen LogP contribution in [0.2, 0.25) is 5.02 Å². The van der Waals surface area contributed by atoms with Gasteiger partial charge in [0.25, 0.3) is 5.91 Å². The van der Waals surface area contributed by atoms with Gasteiger partial charge in [0.05, 0.1) is 46.0 Å². The molecule has 7 nitrogen and oxygen atoms in total. The van der Waals surface area contributed by atoms with Crippen LogP contribution in [0.5, 0.6) is 0 Å². The first-order valence-corrected chi connectivity index (χ1v) is 10.7. The van der Waals surface area contributed by atoms with Crippen molar-refractivity contribution >= 4 is 34.8 Å². The predicted molar refractivity (Wildman–Crippen MR) is 119 cm³/mol. The quantitative estimate of drug-likeness (QED) is 0.406. The zero-order chi connectivity index (χ0) is 25.2. The number of carbonyl (C=O) groups is 2. The van der Waals surface area contributed by atoms with Crippen LogP contribution in [-0.2, 0) is 17.5 Å². The molecule has 2 amide bonds. The number of alkyl halides is 3. The molecular weight excluding hydrogens is 490 g/mol. The van der Waals surface area contributed by atoms with Crippen molar-refractivity contribution in [3.8, 4) is 0 Å². The highest BCUT2D eigenvalue weighted by Gasteiger charge is 2.51. The molecule has 0 unspecified atom stereocenters. The van der Waals surface area contributed by atoms with Gasteiger partial charge in [0, 0.05) is 12.4 Å². The summed E-state index contributed by atoms with van der Waals surface area (Å²) in [5.41, 5.74) is -1.56. The number of pyridine rings is 2. The molecule has 12 heteroatoms. The molecule has 1 saturated carbocycles. The van der Waals surface area contributed by atoms with Crippen LogP contribution in [0.3, 0.4) is 0 Å². The summed E-state index contributed by atoms with van der Waals surface area (Å²) < 4.78 is 52.8. The Morgan fingerprint density at radius 1 is 1.06 bits per heavy atom. The SMILES string of the molecule is O=C(NC1(C(=O)NCc2ccc(Nc3ccc(F)cc3C(F)(F)F)cn2)CC1)c1cncc(Cl)c1. The summed E-state index contributed by atoms with van der Waals surface area (Å²) in [6, 6.07) is 6.78. The number of hydrogen-bond acceptors (Lipinski definition) is 5. The molecule has 1 aromatic carbocycles. The molecule has 0 radical (unpaired) electrons. The number of benzene rings is 1. The van der Waals surface area contributed by atoms with Crippen LogP contribution in [0, 0.1) is 5.82 Å². The third-order valence-corrected chi connectivity index (χ3v) is 5.53. The number of hydrogen-bond donors (Lipinski definition) is 3. The van der Waals surface area contributed by atoms with E-state index in [0.717, 1.165) is 12.1 Å². The van der Waals surface area contributed by atoms with E-state index in [9.17, 15) is 27.2 Å². The molecule has 3 N–H and O–H groups in total. The second-order valence-corrected chi connectivity index (χ2v) is 8.40. The van der Waals surface area contributed by atoms with Crippen LogP contribution >= 0.6 is 11.6 Å². The zero-order valence-corrected chi connectivity index (χ0v) is 18.7. The molecule has 1 aliphatic rings. The number of nitrogens with one attached hydrogen (secondary N) is 3. The van der Waals surface area contributed by atoms with Crippen LogP contribution < -0.4 is 16.0 Å². The fourth-order valence-corrected chi connectivity index (χ4v) is 3.49. The molecule has 1 aliphatic carbocycles. The number of rotatable bonds is 7. The fraction of sp³-hybridized carbons (Fsp3) is 0.217. The van der Waals surface area contributed by atoms with Crippen molar-refractivity contribution in [3.63, 3.8) is 0 Å². The minimum Gasteiger partial charge on any atom is -0.354 e. The summed E-state index contributed by atoms with van der Waals surface area (Å²) in [4.78, 5) is 33.1. The largest absolute Gasteiger partial charge is 0.418 e.